The van der Waals surface area contributed by atoms with E-state index in [1.54, 1.807) is 7.11 Å². The molecule has 5 rings (SSSR count). The molecule has 21 heavy (non-hydrogen) atoms. The van der Waals surface area contributed by atoms with Crippen molar-refractivity contribution in [1.82, 2.24) is 5.32 Å². The Labute approximate surface area is 123 Å². The molecule has 4 nitrogen and oxygen atoms in total. The van der Waals surface area contributed by atoms with Crippen molar-refractivity contribution in [3.63, 3.8) is 0 Å². The van der Waals surface area contributed by atoms with E-state index in [0.717, 1.165) is 37.3 Å². The second-order valence-corrected chi connectivity index (χ2v) is 6.80. The number of methoxy groups -OCH3 is 1. The van der Waals surface area contributed by atoms with Crippen LogP contribution in [0.15, 0.2) is 12.1 Å². The summed E-state index contributed by atoms with van der Waals surface area (Å²) in [6, 6.07) is 4.65. The highest BCUT2D eigenvalue weighted by Gasteiger charge is 2.64. The summed E-state index contributed by atoms with van der Waals surface area (Å²) in [5.41, 5.74) is 2.54. The van der Waals surface area contributed by atoms with Crippen molar-refractivity contribution in [2.45, 2.75) is 43.2 Å². The largest absolute Gasteiger partial charge is 0.493 e. The molecule has 4 heteroatoms. The second kappa shape index (κ2) is 3.80. The zero-order chi connectivity index (χ0) is 14.2. The zero-order valence-electron chi connectivity index (χ0n) is 12.1. The molecule has 1 saturated heterocycles. The molecule has 1 spiro atoms. The van der Waals surface area contributed by atoms with Crippen LogP contribution in [0.3, 0.4) is 0 Å². The van der Waals surface area contributed by atoms with Crippen LogP contribution in [0.4, 0.5) is 0 Å². The summed E-state index contributed by atoms with van der Waals surface area (Å²) in [4.78, 5) is 12.5. The lowest BCUT2D eigenvalue weighted by atomic mass is 9.52. The smallest absolute Gasteiger partial charge is 0.174 e. The van der Waals surface area contributed by atoms with Gasteiger partial charge in [0, 0.05) is 23.4 Å². The fraction of sp³-hybridized carbons (Fsp3) is 0.588. The van der Waals surface area contributed by atoms with Gasteiger partial charge in [-0.15, -0.1) is 0 Å². The maximum absolute atomic E-state index is 12.5. The van der Waals surface area contributed by atoms with E-state index in [1.165, 1.54) is 11.1 Å². The first kappa shape index (κ1) is 12.0. The van der Waals surface area contributed by atoms with Crippen molar-refractivity contribution in [3.05, 3.63) is 23.3 Å². The first-order valence-electron chi connectivity index (χ1n) is 7.89. The third kappa shape index (κ3) is 1.24. The van der Waals surface area contributed by atoms with Crippen LogP contribution in [-0.2, 0) is 16.6 Å². The number of hydrogen-bond donors (Lipinski definition) is 1. The van der Waals surface area contributed by atoms with E-state index in [4.69, 9.17) is 9.47 Å². The van der Waals surface area contributed by atoms with Crippen LogP contribution >= 0.6 is 0 Å². The molecule has 0 amide bonds. The highest BCUT2D eigenvalue weighted by molar-refractivity contribution is 5.89. The maximum atomic E-state index is 12.5. The van der Waals surface area contributed by atoms with Gasteiger partial charge in [0.15, 0.2) is 23.4 Å². The van der Waals surface area contributed by atoms with E-state index in [1.807, 2.05) is 6.07 Å². The van der Waals surface area contributed by atoms with Crippen molar-refractivity contribution in [2.24, 2.45) is 5.92 Å². The minimum Gasteiger partial charge on any atom is -0.493 e. The van der Waals surface area contributed by atoms with Crippen molar-refractivity contribution < 1.29 is 14.3 Å². The summed E-state index contributed by atoms with van der Waals surface area (Å²) >= 11 is 0. The average Bonchev–Trinajstić information content (AvgIpc) is 2.83. The lowest BCUT2D eigenvalue weighted by Crippen LogP contribution is -2.65. The van der Waals surface area contributed by atoms with Gasteiger partial charge in [-0.05, 0) is 43.4 Å². The van der Waals surface area contributed by atoms with E-state index in [9.17, 15) is 4.79 Å². The Morgan fingerprint density at radius 1 is 1.43 bits per heavy atom. The van der Waals surface area contributed by atoms with Crippen LogP contribution < -0.4 is 14.8 Å². The Balaban J connectivity index is 1.83. The fourth-order valence-corrected chi connectivity index (χ4v) is 5.40. The van der Waals surface area contributed by atoms with Crippen LogP contribution in [0.2, 0.25) is 0 Å². The SMILES string of the molecule is COc1ccc2c3c1O[C@H]1C(=O)CCC4[C@@H](C2)NCC[C@@]341. The normalized spacial score (nSPS) is 38.7. The Morgan fingerprint density at radius 3 is 3.19 bits per heavy atom. The summed E-state index contributed by atoms with van der Waals surface area (Å²) in [6.07, 6.45) is 3.40. The lowest BCUT2D eigenvalue weighted by molar-refractivity contribution is -0.135. The van der Waals surface area contributed by atoms with Crippen molar-refractivity contribution in [1.29, 1.82) is 0 Å². The van der Waals surface area contributed by atoms with E-state index in [-0.39, 0.29) is 17.3 Å². The van der Waals surface area contributed by atoms with Gasteiger partial charge in [-0.25, -0.2) is 0 Å². The van der Waals surface area contributed by atoms with Gasteiger partial charge in [-0.2, -0.15) is 0 Å². The molecular formula is C17H19NO3. The molecule has 2 bridgehead atoms. The first-order chi connectivity index (χ1) is 10.3. The molecular weight excluding hydrogens is 266 g/mol. The molecule has 2 fully saturated rings. The van der Waals surface area contributed by atoms with Crippen LogP contribution in [-0.4, -0.2) is 31.6 Å². The number of piperidine rings is 1. The molecule has 1 saturated carbocycles. The van der Waals surface area contributed by atoms with E-state index < -0.39 is 0 Å². The molecule has 1 aromatic rings. The van der Waals surface area contributed by atoms with Crippen LogP contribution in [0.25, 0.3) is 0 Å². The molecule has 1 aromatic carbocycles. The zero-order valence-corrected chi connectivity index (χ0v) is 12.1. The lowest BCUT2D eigenvalue weighted by Gasteiger charge is -2.54. The minimum atomic E-state index is -0.286. The van der Waals surface area contributed by atoms with Gasteiger partial charge < -0.3 is 14.8 Å². The van der Waals surface area contributed by atoms with Gasteiger partial charge in [-0.1, -0.05) is 6.07 Å². The predicted octanol–water partition coefficient (Wildman–Crippen LogP) is 1.59. The monoisotopic (exact) mass is 285 g/mol. The molecule has 2 aliphatic carbocycles. The second-order valence-electron chi connectivity index (χ2n) is 6.80. The highest BCUT2D eigenvalue weighted by Crippen LogP contribution is 2.61. The van der Waals surface area contributed by atoms with E-state index in [2.05, 4.69) is 11.4 Å². The summed E-state index contributed by atoms with van der Waals surface area (Å²) in [7, 11) is 1.68. The van der Waals surface area contributed by atoms with Crippen molar-refractivity contribution in [2.75, 3.05) is 13.7 Å². The molecule has 110 valence electrons. The third-order valence-corrected chi connectivity index (χ3v) is 6.12. The van der Waals surface area contributed by atoms with Crippen LogP contribution in [0.5, 0.6) is 11.5 Å². The van der Waals surface area contributed by atoms with Gasteiger partial charge in [0.05, 0.1) is 7.11 Å². The minimum absolute atomic E-state index is 0.0945. The molecule has 2 heterocycles. The number of ketones is 1. The predicted molar refractivity (Wildman–Crippen MR) is 76.9 cm³/mol. The molecule has 0 radical (unpaired) electrons. The van der Waals surface area contributed by atoms with Crippen molar-refractivity contribution in [3.8, 4) is 11.5 Å². The summed E-state index contributed by atoms with van der Waals surface area (Å²) in [5.74, 6) is 2.43. The van der Waals surface area contributed by atoms with E-state index in [0.29, 0.717) is 18.4 Å². The number of carbonyl (C=O) groups excluding carboxylic acids is 1. The highest BCUT2D eigenvalue weighted by atomic mass is 16.5. The van der Waals surface area contributed by atoms with Gasteiger partial charge in [-0.3, -0.25) is 4.79 Å². The number of hydrogen-bond acceptors (Lipinski definition) is 4. The number of ether oxygens (including phenoxy) is 2. The Bertz CT molecular complexity index is 656. The van der Waals surface area contributed by atoms with Gasteiger partial charge >= 0.3 is 0 Å². The summed E-state index contributed by atoms with van der Waals surface area (Å²) in [6.45, 7) is 0.977. The molecule has 4 aliphatic rings. The maximum Gasteiger partial charge on any atom is 0.174 e. The molecule has 1 N–H and O–H groups in total. The van der Waals surface area contributed by atoms with Gasteiger partial charge in [0.2, 0.25) is 0 Å². The summed E-state index contributed by atoms with van der Waals surface area (Å²) < 4.78 is 11.7. The Morgan fingerprint density at radius 2 is 2.33 bits per heavy atom. The molecule has 2 aliphatic heterocycles. The number of rotatable bonds is 1. The average molecular weight is 285 g/mol. The Kier molecular flexibility index (Phi) is 2.18. The van der Waals surface area contributed by atoms with E-state index >= 15 is 0 Å². The quantitative estimate of drug-likeness (QED) is 0.851. The van der Waals surface area contributed by atoms with Crippen LogP contribution in [0, 0.1) is 5.92 Å². The topological polar surface area (TPSA) is 47.6 Å². The number of nitrogens with one attached hydrogen (secondary N) is 1. The van der Waals surface area contributed by atoms with Gasteiger partial charge in [0.25, 0.3) is 0 Å². The van der Waals surface area contributed by atoms with Crippen molar-refractivity contribution >= 4 is 5.78 Å². The Hall–Kier alpha value is -1.55. The molecule has 1 unspecified atom stereocenters. The van der Waals surface area contributed by atoms with Gasteiger partial charge in [0.1, 0.15) is 0 Å². The summed E-state index contributed by atoms with van der Waals surface area (Å²) in [5, 5.41) is 3.67. The standard InChI is InChI=1S/C17H19NO3/c1-20-13-5-2-9-8-11-10-3-4-12(19)16-17(10,6-7-18-11)14(9)15(13)21-16/h2,5,10-11,16,18H,3-4,6-8H2,1H3/t10?,11-,16+,17+/m1/s1. The molecule has 0 aromatic heterocycles. The van der Waals surface area contributed by atoms with Crippen LogP contribution in [0.1, 0.15) is 30.4 Å². The third-order valence-electron chi connectivity index (χ3n) is 6.12. The number of carbonyl (C=O) groups is 1. The fourth-order valence-electron chi connectivity index (χ4n) is 5.40. The number of Topliss-reactive ketones (excluding diaryl/α,β-unsaturated/α-hetero) is 1. The number of benzene rings is 1. The molecule has 4 atom stereocenters. The first-order valence-corrected chi connectivity index (χ1v) is 7.89.